The Morgan fingerprint density at radius 2 is 0.951 bits per heavy atom. The lowest BCUT2D eigenvalue weighted by molar-refractivity contribution is 1.09. The van der Waals surface area contributed by atoms with Crippen LogP contribution in [0, 0.1) is 0 Å². The predicted octanol–water partition coefficient (Wildman–Crippen LogP) is 9.20. The third-order valence-corrected chi connectivity index (χ3v) is 8.26. The van der Waals surface area contributed by atoms with E-state index < -0.39 is 0 Å². The molecule has 41 heavy (non-hydrogen) atoms. The normalized spacial score (nSPS) is 11.9. The largest absolute Gasteiger partial charge is 0.309 e. The van der Waals surface area contributed by atoms with E-state index in [4.69, 9.17) is 4.98 Å². The van der Waals surface area contributed by atoms with Crippen LogP contribution in [0.2, 0.25) is 0 Å². The van der Waals surface area contributed by atoms with Gasteiger partial charge in [-0.2, -0.15) is 0 Å². The Morgan fingerprint density at radius 1 is 0.415 bits per heavy atom. The second kappa shape index (κ2) is 8.44. The summed E-state index contributed by atoms with van der Waals surface area (Å²) in [6, 6.07) is 49.5. The molecule has 4 heterocycles. The second-order valence-electron chi connectivity index (χ2n) is 10.5. The topological polar surface area (TPSA) is 27.2 Å². The van der Waals surface area contributed by atoms with Crippen LogP contribution in [0.25, 0.3) is 72.0 Å². The zero-order valence-corrected chi connectivity index (χ0v) is 22.1. The highest BCUT2D eigenvalue weighted by molar-refractivity contribution is 6.09. The van der Waals surface area contributed by atoms with Crippen LogP contribution < -0.4 is 0 Å². The summed E-state index contributed by atoms with van der Waals surface area (Å²) < 4.78 is 6.94. The van der Waals surface area contributed by atoms with Crippen molar-refractivity contribution >= 4 is 49.5 Å². The molecule has 0 atom stereocenters. The van der Waals surface area contributed by atoms with Crippen molar-refractivity contribution in [1.29, 1.82) is 0 Å². The first-order valence-electron chi connectivity index (χ1n) is 13.9. The van der Waals surface area contributed by atoms with E-state index in [0.717, 1.165) is 44.7 Å². The van der Waals surface area contributed by atoms with Gasteiger partial charge in [0.1, 0.15) is 11.2 Å². The molecular weight excluding hydrogens is 500 g/mol. The van der Waals surface area contributed by atoms with E-state index in [-0.39, 0.29) is 0 Å². The van der Waals surface area contributed by atoms with E-state index in [1.54, 1.807) is 0 Å². The number of nitrogens with zero attached hydrogens (tertiary/aromatic N) is 4. The molecule has 4 nitrogen and oxygen atoms in total. The number of pyridine rings is 1. The summed E-state index contributed by atoms with van der Waals surface area (Å²) in [5, 5.41) is 3.69. The Bertz CT molecular complexity index is 2350. The number of benzene rings is 5. The van der Waals surface area contributed by atoms with Crippen LogP contribution in [0.1, 0.15) is 0 Å². The molecule has 192 valence electrons. The summed E-state index contributed by atoms with van der Waals surface area (Å²) in [7, 11) is 0. The maximum Gasteiger partial charge on any atom is 0.150 e. The maximum absolute atomic E-state index is 5.09. The summed E-state index contributed by atoms with van der Waals surface area (Å²) in [4.78, 5) is 5.09. The van der Waals surface area contributed by atoms with Crippen molar-refractivity contribution in [3.63, 3.8) is 0 Å². The first kappa shape index (κ1) is 22.2. The van der Waals surface area contributed by atoms with Gasteiger partial charge in [-0.1, -0.05) is 84.9 Å². The second-order valence-corrected chi connectivity index (χ2v) is 10.5. The fraction of sp³-hybridized carbons (Fsp3) is 0. The van der Waals surface area contributed by atoms with Crippen molar-refractivity contribution < 1.29 is 0 Å². The highest BCUT2D eigenvalue weighted by Crippen LogP contribution is 2.35. The molecule has 0 spiro atoms. The van der Waals surface area contributed by atoms with Gasteiger partial charge in [0.2, 0.25) is 0 Å². The molecule has 0 aliphatic carbocycles. The monoisotopic (exact) mass is 524 g/mol. The highest BCUT2D eigenvalue weighted by Gasteiger charge is 2.19. The zero-order chi connectivity index (χ0) is 26.9. The van der Waals surface area contributed by atoms with Gasteiger partial charge >= 0.3 is 0 Å². The van der Waals surface area contributed by atoms with Crippen LogP contribution in [-0.2, 0) is 0 Å². The number of para-hydroxylation sites is 3. The zero-order valence-electron chi connectivity index (χ0n) is 22.1. The summed E-state index contributed by atoms with van der Waals surface area (Å²) >= 11 is 0. The molecule has 0 unspecified atom stereocenters. The van der Waals surface area contributed by atoms with Crippen molar-refractivity contribution in [2.45, 2.75) is 0 Å². The molecule has 4 aromatic heterocycles. The number of hydrogen-bond donors (Lipinski definition) is 0. The minimum Gasteiger partial charge on any atom is -0.309 e. The Hall–Kier alpha value is -5.61. The van der Waals surface area contributed by atoms with Gasteiger partial charge in [-0.25, -0.2) is 4.98 Å². The molecular formula is C37H24N4. The molecule has 4 heteroatoms. The van der Waals surface area contributed by atoms with Crippen LogP contribution >= 0.6 is 0 Å². The van der Waals surface area contributed by atoms with E-state index in [0.29, 0.717) is 0 Å². The average Bonchev–Trinajstić information content (AvgIpc) is 3.68. The lowest BCUT2D eigenvalue weighted by Gasteiger charge is -2.12. The van der Waals surface area contributed by atoms with Crippen LogP contribution in [0.4, 0.5) is 0 Å². The smallest absolute Gasteiger partial charge is 0.150 e. The molecule has 0 saturated heterocycles. The molecule has 9 aromatic rings. The summed E-state index contributed by atoms with van der Waals surface area (Å²) in [6.45, 7) is 0. The van der Waals surface area contributed by atoms with E-state index in [1.807, 2.05) is 0 Å². The summed E-state index contributed by atoms with van der Waals surface area (Å²) in [5.74, 6) is 0. The van der Waals surface area contributed by atoms with Gasteiger partial charge in [0.15, 0.2) is 5.65 Å². The Kier molecular flexibility index (Phi) is 4.58. The first-order chi connectivity index (χ1) is 20.3. The Labute approximate surface area is 236 Å². The molecule has 0 aliphatic heterocycles. The average molecular weight is 525 g/mol. The molecule has 0 aliphatic rings. The van der Waals surface area contributed by atoms with Crippen molar-refractivity contribution in [1.82, 2.24) is 18.5 Å². The third kappa shape index (κ3) is 3.19. The van der Waals surface area contributed by atoms with Gasteiger partial charge in [-0.05, 0) is 65.7 Å². The van der Waals surface area contributed by atoms with Crippen LogP contribution in [0.15, 0.2) is 146 Å². The predicted molar refractivity (Wildman–Crippen MR) is 169 cm³/mol. The molecule has 0 fully saturated rings. The minimum absolute atomic E-state index is 0.941. The maximum atomic E-state index is 5.09. The molecule has 0 radical (unpaired) electrons. The fourth-order valence-electron chi connectivity index (χ4n) is 6.42. The molecule has 0 amide bonds. The standard InChI is InChI=1S/C37H24N4/c1-2-10-25(11-3-1)26-18-23-35-38-36-31-14-6-9-17-34(31)41(37(36)39(35)24-26)28-21-19-27(20-22-28)40-32-15-7-4-12-29(32)30-13-5-8-16-33(30)40/h1-24H. The van der Waals surface area contributed by atoms with Crippen LogP contribution in [-0.4, -0.2) is 18.5 Å². The summed E-state index contributed by atoms with van der Waals surface area (Å²) in [6.07, 6.45) is 2.21. The quantitative estimate of drug-likeness (QED) is 0.226. The SMILES string of the molecule is c1ccc(-c2ccc3nc4c5ccccc5n(-c5ccc(-n6c7ccccc7c7ccccc76)cc5)c4n3c2)cc1. The van der Waals surface area contributed by atoms with Crippen LogP contribution in [0.3, 0.4) is 0 Å². The van der Waals surface area contributed by atoms with Gasteiger partial charge in [0.25, 0.3) is 0 Å². The van der Waals surface area contributed by atoms with Gasteiger partial charge in [-0.15, -0.1) is 0 Å². The van der Waals surface area contributed by atoms with Crippen molar-refractivity contribution in [2.24, 2.45) is 0 Å². The molecule has 0 N–H and O–H groups in total. The Balaban J connectivity index is 1.28. The van der Waals surface area contributed by atoms with Gasteiger partial charge in [-0.3, -0.25) is 8.97 Å². The molecule has 0 bridgehead atoms. The first-order valence-corrected chi connectivity index (χ1v) is 13.9. The number of rotatable bonds is 3. The third-order valence-electron chi connectivity index (χ3n) is 8.26. The highest BCUT2D eigenvalue weighted by atomic mass is 15.1. The van der Waals surface area contributed by atoms with Crippen molar-refractivity contribution in [3.05, 3.63) is 146 Å². The lowest BCUT2D eigenvalue weighted by Crippen LogP contribution is -1.99. The van der Waals surface area contributed by atoms with Gasteiger partial charge in [0, 0.05) is 33.7 Å². The molecule has 5 aromatic carbocycles. The number of hydrogen-bond acceptors (Lipinski definition) is 1. The van der Waals surface area contributed by atoms with Gasteiger partial charge in [0.05, 0.1) is 16.6 Å². The minimum atomic E-state index is 0.941. The van der Waals surface area contributed by atoms with Crippen molar-refractivity contribution in [3.8, 4) is 22.5 Å². The number of imidazole rings is 1. The van der Waals surface area contributed by atoms with E-state index >= 15 is 0 Å². The summed E-state index contributed by atoms with van der Waals surface area (Å²) in [5.41, 5.74) is 11.2. The lowest BCUT2D eigenvalue weighted by atomic mass is 10.1. The Morgan fingerprint density at radius 3 is 1.61 bits per heavy atom. The molecule has 0 saturated carbocycles. The number of aromatic nitrogens is 4. The van der Waals surface area contributed by atoms with Gasteiger partial charge < -0.3 is 4.57 Å². The molecule has 9 rings (SSSR count). The fourth-order valence-corrected chi connectivity index (χ4v) is 6.42. The van der Waals surface area contributed by atoms with Crippen molar-refractivity contribution in [2.75, 3.05) is 0 Å². The van der Waals surface area contributed by atoms with Crippen LogP contribution in [0.5, 0.6) is 0 Å². The van der Waals surface area contributed by atoms with E-state index in [1.165, 1.54) is 27.4 Å². The number of fused-ring (bicyclic) bond motifs is 8. The van der Waals surface area contributed by atoms with E-state index in [9.17, 15) is 0 Å². The van der Waals surface area contributed by atoms with E-state index in [2.05, 4.69) is 159 Å².